The van der Waals surface area contributed by atoms with Crippen molar-refractivity contribution < 1.29 is 4.74 Å². The maximum absolute atomic E-state index is 6.23. The van der Waals surface area contributed by atoms with E-state index in [4.69, 9.17) is 4.74 Å². The molecule has 2 atom stereocenters. The van der Waals surface area contributed by atoms with Gasteiger partial charge in [0.1, 0.15) is 5.75 Å². The Kier molecular flexibility index (Phi) is 7.05. The number of ether oxygens (including phenoxy) is 1. The Morgan fingerprint density at radius 1 is 1.29 bits per heavy atom. The second-order valence-electron chi connectivity index (χ2n) is 6.12. The molecule has 0 aromatic heterocycles. The quantitative estimate of drug-likeness (QED) is 0.671. The molecule has 0 radical (unpaired) electrons. The van der Waals surface area contributed by atoms with Crippen LogP contribution in [0, 0.1) is 5.92 Å². The van der Waals surface area contributed by atoms with E-state index in [1.165, 1.54) is 44.1 Å². The van der Waals surface area contributed by atoms with Gasteiger partial charge in [0.15, 0.2) is 0 Å². The maximum Gasteiger partial charge on any atom is 0.133 e. The molecule has 1 saturated carbocycles. The summed E-state index contributed by atoms with van der Waals surface area (Å²) in [6.45, 7) is 6.47. The Morgan fingerprint density at radius 2 is 2.14 bits per heavy atom. The van der Waals surface area contributed by atoms with Crippen LogP contribution in [-0.4, -0.2) is 12.6 Å². The first kappa shape index (κ1) is 16.8. The minimum Gasteiger partial charge on any atom is -0.489 e. The van der Waals surface area contributed by atoms with Crippen LogP contribution in [-0.2, 0) is 6.54 Å². The lowest BCUT2D eigenvalue weighted by molar-refractivity contribution is 0.121. The predicted octanol–water partition coefficient (Wildman–Crippen LogP) is 5.30. The SMILES string of the molecule is CCCNCc1ccc(OC2CCCC(CC)C2)c(Br)c1. The Labute approximate surface area is 137 Å². The average Bonchev–Trinajstić information content (AvgIpc) is 2.50. The summed E-state index contributed by atoms with van der Waals surface area (Å²) in [6.07, 6.45) is 7.93. The lowest BCUT2D eigenvalue weighted by Crippen LogP contribution is -2.25. The smallest absolute Gasteiger partial charge is 0.133 e. The number of hydrogen-bond donors (Lipinski definition) is 1. The number of halogens is 1. The van der Waals surface area contributed by atoms with Crippen LogP contribution in [0.1, 0.15) is 57.9 Å². The summed E-state index contributed by atoms with van der Waals surface area (Å²) in [5, 5.41) is 3.43. The molecule has 1 fully saturated rings. The fraction of sp³-hybridized carbons (Fsp3) is 0.667. The van der Waals surface area contributed by atoms with Crippen molar-refractivity contribution in [1.82, 2.24) is 5.32 Å². The van der Waals surface area contributed by atoms with Gasteiger partial charge < -0.3 is 10.1 Å². The Balaban J connectivity index is 1.91. The van der Waals surface area contributed by atoms with Crippen molar-refractivity contribution >= 4 is 15.9 Å². The predicted molar refractivity (Wildman–Crippen MR) is 92.8 cm³/mol. The molecular formula is C18H28BrNO. The fourth-order valence-electron chi connectivity index (χ4n) is 3.06. The largest absolute Gasteiger partial charge is 0.489 e. The minimum atomic E-state index is 0.393. The summed E-state index contributed by atoms with van der Waals surface area (Å²) in [6, 6.07) is 6.46. The van der Waals surface area contributed by atoms with Crippen LogP contribution >= 0.6 is 15.9 Å². The van der Waals surface area contributed by atoms with Crippen LogP contribution in [0.2, 0.25) is 0 Å². The Bertz CT molecular complexity index is 435. The molecule has 1 aliphatic carbocycles. The van der Waals surface area contributed by atoms with Gasteiger partial charge in [0.05, 0.1) is 10.6 Å². The van der Waals surface area contributed by atoms with Crippen LogP contribution in [0.4, 0.5) is 0 Å². The zero-order valence-corrected chi connectivity index (χ0v) is 14.9. The highest BCUT2D eigenvalue weighted by Gasteiger charge is 2.22. The third kappa shape index (κ3) is 5.30. The summed E-state index contributed by atoms with van der Waals surface area (Å²) in [4.78, 5) is 0. The molecule has 1 aromatic carbocycles. The zero-order chi connectivity index (χ0) is 15.1. The molecule has 2 nitrogen and oxygen atoms in total. The van der Waals surface area contributed by atoms with E-state index >= 15 is 0 Å². The Hall–Kier alpha value is -0.540. The number of hydrogen-bond acceptors (Lipinski definition) is 2. The summed E-state index contributed by atoms with van der Waals surface area (Å²) in [5.41, 5.74) is 1.30. The second kappa shape index (κ2) is 8.79. The van der Waals surface area contributed by atoms with Crippen LogP contribution in [0.3, 0.4) is 0 Å². The summed E-state index contributed by atoms with van der Waals surface area (Å²) in [5.74, 6) is 1.84. The zero-order valence-electron chi connectivity index (χ0n) is 13.3. The van der Waals surface area contributed by atoms with Crippen molar-refractivity contribution in [2.24, 2.45) is 5.92 Å². The average molecular weight is 354 g/mol. The topological polar surface area (TPSA) is 21.3 Å². The molecule has 0 heterocycles. The number of benzene rings is 1. The van der Waals surface area contributed by atoms with Crippen LogP contribution in [0.5, 0.6) is 5.75 Å². The van der Waals surface area contributed by atoms with Gasteiger partial charge in [-0.3, -0.25) is 0 Å². The molecule has 1 aliphatic rings. The van der Waals surface area contributed by atoms with Crippen LogP contribution < -0.4 is 10.1 Å². The van der Waals surface area contributed by atoms with E-state index in [1.807, 2.05) is 0 Å². The van der Waals surface area contributed by atoms with Crippen molar-refractivity contribution in [2.75, 3.05) is 6.54 Å². The highest BCUT2D eigenvalue weighted by atomic mass is 79.9. The highest BCUT2D eigenvalue weighted by molar-refractivity contribution is 9.10. The first-order valence-electron chi connectivity index (χ1n) is 8.38. The van der Waals surface area contributed by atoms with Gasteiger partial charge in [-0.05, 0) is 71.8 Å². The lowest BCUT2D eigenvalue weighted by atomic mass is 9.85. The van der Waals surface area contributed by atoms with Gasteiger partial charge in [0.25, 0.3) is 0 Å². The molecule has 21 heavy (non-hydrogen) atoms. The van der Waals surface area contributed by atoms with Gasteiger partial charge in [0, 0.05) is 6.54 Å². The molecule has 0 bridgehead atoms. The van der Waals surface area contributed by atoms with E-state index in [2.05, 4.69) is 53.3 Å². The molecule has 3 heteroatoms. The molecule has 118 valence electrons. The molecule has 2 unspecified atom stereocenters. The maximum atomic E-state index is 6.23. The summed E-state index contributed by atoms with van der Waals surface area (Å²) >= 11 is 3.66. The van der Waals surface area contributed by atoms with Crippen LogP contribution in [0.15, 0.2) is 22.7 Å². The van der Waals surface area contributed by atoms with Gasteiger partial charge >= 0.3 is 0 Å². The lowest BCUT2D eigenvalue weighted by Gasteiger charge is -2.29. The molecule has 0 spiro atoms. The van der Waals surface area contributed by atoms with E-state index in [1.54, 1.807) is 0 Å². The van der Waals surface area contributed by atoms with Crippen molar-refractivity contribution in [2.45, 2.75) is 65.0 Å². The second-order valence-corrected chi connectivity index (χ2v) is 6.98. The van der Waals surface area contributed by atoms with Crippen LogP contribution in [0.25, 0.3) is 0 Å². The summed E-state index contributed by atoms with van der Waals surface area (Å²) < 4.78 is 7.31. The third-order valence-electron chi connectivity index (χ3n) is 4.36. The number of nitrogens with one attached hydrogen (secondary N) is 1. The van der Waals surface area contributed by atoms with E-state index in [0.29, 0.717) is 6.10 Å². The first-order chi connectivity index (χ1) is 10.2. The van der Waals surface area contributed by atoms with Crippen molar-refractivity contribution in [3.8, 4) is 5.75 Å². The van der Waals surface area contributed by atoms with Gasteiger partial charge in [-0.15, -0.1) is 0 Å². The van der Waals surface area contributed by atoms with Crippen molar-refractivity contribution in [3.63, 3.8) is 0 Å². The number of rotatable bonds is 7. The monoisotopic (exact) mass is 353 g/mol. The van der Waals surface area contributed by atoms with Gasteiger partial charge in [0.2, 0.25) is 0 Å². The first-order valence-corrected chi connectivity index (χ1v) is 9.18. The Morgan fingerprint density at radius 3 is 2.86 bits per heavy atom. The molecule has 0 aliphatic heterocycles. The van der Waals surface area contributed by atoms with E-state index in [0.717, 1.165) is 29.2 Å². The molecule has 2 rings (SSSR count). The van der Waals surface area contributed by atoms with Crippen molar-refractivity contribution in [1.29, 1.82) is 0 Å². The van der Waals surface area contributed by atoms with Crippen molar-refractivity contribution in [3.05, 3.63) is 28.2 Å². The highest BCUT2D eigenvalue weighted by Crippen LogP contribution is 2.33. The van der Waals surface area contributed by atoms with E-state index in [-0.39, 0.29) is 0 Å². The molecular weight excluding hydrogens is 326 g/mol. The molecule has 1 aromatic rings. The van der Waals surface area contributed by atoms with Gasteiger partial charge in [-0.25, -0.2) is 0 Å². The fourth-order valence-corrected chi connectivity index (χ4v) is 3.58. The van der Waals surface area contributed by atoms with E-state index < -0.39 is 0 Å². The molecule has 0 saturated heterocycles. The van der Waals surface area contributed by atoms with Gasteiger partial charge in [-0.1, -0.05) is 32.8 Å². The van der Waals surface area contributed by atoms with Gasteiger partial charge in [-0.2, -0.15) is 0 Å². The third-order valence-corrected chi connectivity index (χ3v) is 4.98. The normalized spacial score (nSPS) is 22.2. The minimum absolute atomic E-state index is 0.393. The molecule has 1 N–H and O–H groups in total. The summed E-state index contributed by atoms with van der Waals surface area (Å²) in [7, 11) is 0. The molecule has 0 amide bonds. The standard InChI is InChI=1S/C18H28BrNO/c1-3-10-20-13-15-8-9-18(17(19)12-15)21-16-7-5-6-14(4-2)11-16/h8-9,12,14,16,20H,3-7,10-11,13H2,1-2H3. The van der Waals surface area contributed by atoms with E-state index in [9.17, 15) is 0 Å².